The van der Waals surface area contributed by atoms with E-state index in [9.17, 15) is 10.1 Å². The van der Waals surface area contributed by atoms with Gasteiger partial charge in [-0.05, 0) is 30.9 Å². The molecule has 1 atom stereocenters. The second-order valence-corrected chi connectivity index (χ2v) is 6.57. The molecular weight excluding hydrogens is 328 g/mol. The molecule has 0 bridgehead atoms. The molecule has 0 spiro atoms. The zero-order valence-electron chi connectivity index (χ0n) is 14.9. The minimum Gasteiger partial charge on any atom is -0.460 e. The van der Waals surface area contributed by atoms with Crippen LogP contribution in [0.15, 0.2) is 36.9 Å². The number of esters is 1. The summed E-state index contributed by atoms with van der Waals surface area (Å²) in [6, 6.07) is 9.52. The molecule has 6 heteroatoms. The number of para-hydroxylation sites is 2. The topological polar surface area (TPSA) is 79.1 Å². The fourth-order valence-electron chi connectivity index (χ4n) is 3.10. The van der Waals surface area contributed by atoms with Crippen molar-refractivity contribution in [2.45, 2.75) is 25.7 Å². The van der Waals surface area contributed by atoms with Crippen molar-refractivity contribution >= 4 is 22.8 Å². The van der Waals surface area contributed by atoms with E-state index in [0.717, 1.165) is 31.4 Å². The van der Waals surface area contributed by atoms with Gasteiger partial charge in [-0.3, -0.25) is 4.79 Å². The smallest absolute Gasteiger partial charge is 0.330 e. The summed E-state index contributed by atoms with van der Waals surface area (Å²) in [7, 11) is 0. The van der Waals surface area contributed by atoms with E-state index in [-0.39, 0.29) is 6.61 Å². The van der Waals surface area contributed by atoms with Crippen LogP contribution in [0, 0.1) is 17.2 Å². The van der Waals surface area contributed by atoms with Crippen LogP contribution in [0.1, 0.15) is 31.4 Å². The number of ether oxygens (including phenoxy) is 1. The van der Waals surface area contributed by atoms with Gasteiger partial charge in [0, 0.05) is 13.1 Å². The molecule has 0 saturated carbocycles. The summed E-state index contributed by atoms with van der Waals surface area (Å²) in [6.45, 7) is 7.50. The van der Waals surface area contributed by atoms with Crippen molar-refractivity contribution in [3.63, 3.8) is 0 Å². The van der Waals surface area contributed by atoms with Gasteiger partial charge in [0.1, 0.15) is 12.3 Å². The molecule has 1 aromatic heterocycles. The highest BCUT2D eigenvalue weighted by Gasteiger charge is 2.30. The summed E-state index contributed by atoms with van der Waals surface area (Å²) in [5.74, 6) is -0.463. The fourth-order valence-corrected chi connectivity index (χ4v) is 3.10. The Bertz CT molecular complexity index is 851. The van der Waals surface area contributed by atoms with Crippen LogP contribution >= 0.6 is 0 Å². The standard InChI is InChI=1S/C20H22N4O2/c1-3-12-26-20(25)15(13-21)18-19(24-10-8-14(2)9-11-24)23-17-7-5-4-6-16(17)22-18/h3-7,14-15H,1,8-12H2,2H3/t15-/m1/s1. The lowest BCUT2D eigenvalue weighted by molar-refractivity contribution is -0.142. The van der Waals surface area contributed by atoms with Gasteiger partial charge in [0.05, 0.1) is 17.1 Å². The predicted molar refractivity (Wildman–Crippen MR) is 99.7 cm³/mol. The maximum Gasteiger partial charge on any atom is 0.330 e. The number of fused-ring (bicyclic) bond motifs is 1. The third-order valence-corrected chi connectivity index (χ3v) is 4.64. The molecule has 1 aromatic carbocycles. The highest BCUT2D eigenvalue weighted by atomic mass is 16.5. The van der Waals surface area contributed by atoms with Crippen molar-refractivity contribution in [3.05, 3.63) is 42.6 Å². The Labute approximate surface area is 153 Å². The van der Waals surface area contributed by atoms with Crippen molar-refractivity contribution in [1.82, 2.24) is 9.97 Å². The molecular formula is C20H22N4O2. The molecule has 0 amide bonds. The Kier molecular flexibility index (Phi) is 5.47. The van der Waals surface area contributed by atoms with Crippen LogP contribution in [-0.2, 0) is 9.53 Å². The first-order valence-electron chi connectivity index (χ1n) is 8.82. The van der Waals surface area contributed by atoms with Crippen LogP contribution < -0.4 is 4.90 Å². The maximum absolute atomic E-state index is 12.4. The number of carbonyl (C=O) groups is 1. The van der Waals surface area contributed by atoms with Crippen LogP contribution in [0.2, 0.25) is 0 Å². The number of nitriles is 1. The zero-order valence-corrected chi connectivity index (χ0v) is 14.9. The van der Waals surface area contributed by atoms with Crippen molar-refractivity contribution in [3.8, 4) is 6.07 Å². The van der Waals surface area contributed by atoms with Crippen molar-refractivity contribution in [2.75, 3.05) is 24.6 Å². The summed E-state index contributed by atoms with van der Waals surface area (Å²) < 4.78 is 5.10. The minimum atomic E-state index is -1.11. The lowest BCUT2D eigenvalue weighted by Crippen LogP contribution is -2.35. The number of anilines is 1. The van der Waals surface area contributed by atoms with Gasteiger partial charge in [-0.2, -0.15) is 5.26 Å². The first-order valence-corrected chi connectivity index (χ1v) is 8.82. The molecule has 2 aromatic rings. The Hall–Kier alpha value is -2.94. The predicted octanol–water partition coefficient (Wildman–Crippen LogP) is 3.20. The third kappa shape index (κ3) is 3.67. The van der Waals surface area contributed by atoms with Crippen molar-refractivity contribution in [1.29, 1.82) is 5.26 Å². The maximum atomic E-state index is 12.4. The average molecular weight is 350 g/mol. The van der Waals surface area contributed by atoms with E-state index in [1.54, 1.807) is 0 Å². The van der Waals surface area contributed by atoms with Gasteiger partial charge >= 0.3 is 5.97 Å². The molecule has 26 heavy (non-hydrogen) atoms. The quantitative estimate of drug-likeness (QED) is 0.608. The number of nitrogens with zero attached hydrogens (tertiary/aromatic N) is 4. The number of aromatic nitrogens is 2. The van der Waals surface area contributed by atoms with Gasteiger partial charge < -0.3 is 9.64 Å². The van der Waals surface area contributed by atoms with E-state index in [1.165, 1.54) is 6.08 Å². The van der Waals surface area contributed by atoms with Gasteiger partial charge in [0.25, 0.3) is 0 Å². The van der Waals surface area contributed by atoms with E-state index in [1.807, 2.05) is 30.3 Å². The number of benzene rings is 1. The Morgan fingerprint density at radius 1 is 1.38 bits per heavy atom. The van der Waals surface area contributed by atoms with Crippen LogP contribution in [0.3, 0.4) is 0 Å². The molecule has 0 radical (unpaired) electrons. The van der Waals surface area contributed by atoms with Crippen LogP contribution in [0.5, 0.6) is 0 Å². The Morgan fingerprint density at radius 3 is 2.65 bits per heavy atom. The van der Waals surface area contributed by atoms with Crippen LogP contribution in [0.4, 0.5) is 5.82 Å². The molecule has 1 aliphatic rings. The highest BCUT2D eigenvalue weighted by Crippen LogP contribution is 2.30. The van der Waals surface area contributed by atoms with E-state index < -0.39 is 11.9 Å². The first kappa shape index (κ1) is 17.9. The van der Waals surface area contributed by atoms with Gasteiger partial charge in [-0.1, -0.05) is 31.7 Å². The van der Waals surface area contributed by atoms with E-state index in [2.05, 4.69) is 23.4 Å². The molecule has 0 unspecified atom stereocenters. The van der Waals surface area contributed by atoms with Crippen LogP contribution in [-0.4, -0.2) is 35.6 Å². The summed E-state index contributed by atoms with van der Waals surface area (Å²) in [6.07, 6.45) is 3.57. The summed E-state index contributed by atoms with van der Waals surface area (Å²) in [5.41, 5.74) is 1.78. The van der Waals surface area contributed by atoms with E-state index in [4.69, 9.17) is 9.72 Å². The number of hydrogen-bond donors (Lipinski definition) is 0. The Balaban J connectivity index is 2.06. The first-order chi connectivity index (χ1) is 12.6. The third-order valence-electron chi connectivity index (χ3n) is 4.64. The normalized spacial score (nSPS) is 16.1. The molecule has 0 aliphatic carbocycles. The summed E-state index contributed by atoms with van der Waals surface area (Å²) in [5, 5.41) is 9.62. The lowest BCUT2D eigenvalue weighted by Gasteiger charge is -2.32. The molecule has 1 aliphatic heterocycles. The fraction of sp³-hybridized carbons (Fsp3) is 0.400. The minimum absolute atomic E-state index is 0.0641. The van der Waals surface area contributed by atoms with E-state index >= 15 is 0 Å². The SMILES string of the molecule is C=CCOC(=O)[C@H](C#N)c1nc2ccccc2nc1N1CCC(C)CC1. The monoisotopic (exact) mass is 350 g/mol. The molecule has 1 fully saturated rings. The number of piperidine rings is 1. The molecule has 0 N–H and O–H groups in total. The highest BCUT2D eigenvalue weighted by molar-refractivity contribution is 5.85. The summed E-state index contributed by atoms with van der Waals surface area (Å²) >= 11 is 0. The molecule has 3 rings (SSSR count). The number of rotatable bonds is 5. The Morgan fingerprint density at radius 2 is 2.04 bits per heavy atom. The number of carbonyl (C=O) groups excluding carboxylic acids is 1. The second kappa shape index (κ2) is 7.96. The van der Waals surface area contributed by atoms with Crippen molar-refractivity contribution in [2.24, 2.45) is 5.92 Å². The van der Waals surface area contributed by atoms with Crippen LogP contribution in [0.25, 0.3) is 11.0 Å². The zero-order chi connectivity index (χ0) is 18.5. The van der Waals surface area contributed by atoms with Gasteiger partial charge in [-0.15, -0.1) is 0 Å². The number of hydrogen-bond acceptors (Lipinski definition) is 6. The van der Waals surface area contributed by atoms with Crippen molar-refractivity contribution < 1.29 is 9.53 Å². The summed E-state index contributed by atoms with van der Waals surface area (Å²) in [4.78, 5) is 23.9. The molecule has 1 saturated heterocycles. The second-order valence-electron chi connectivity index (χ2n) is 6.57. The lowest BCUT2D eigenvalue weighted by atomic mass is 9.98. The van der Waals surface area contributed by atoms with Gasteiger partial charge in [-0.25, -0.2) is 9.97 Å². The average Bonchev–Trinajstić information content (AvgIpc) is 2.67. The molecule has 134 valence electrons. The molecule has 6 nitrogen and oxygen atoms in total. The van der Waals surface area contributed by atoms with E-state index in [0.29, 0.717) is 22.9 Å². The molecule has 2 heterocycles. The largest absolute Gasteiger partial charge is 0.460 e. The van der Waals surface area contributed by atoms with Gasteiger partial charge in [0.2, 0.25) is 0 Å². The van der Waals surface area contributed by atoms with Gasteiger partial charge in [0.15, 0.2) is 11.7 Å².